The summed E-state index contributed by atoms with van der Waals surface area (Å²) in [5, 5.41) is 9.99. The van der Waals surface area contributed by atoms with Crippen molar-refractivity contribution in [1.29, 1.82) is 0 Å². The molecule has 72 valence electrons. The quantitative estimate of drug-likeness (QED) is 0.766. The summed E-state index contributed by atoms with van der Waals surface area (Å²) in [4.78, 5) is 1.88. The van der Waals surface area contributed by atoms with Crippen molar-refractivity contribution in [2.45, 2.75) is 6.23 Å². The third kappa shape index (κ3) is 1.86. The first-order valence-electron chi connectivity index (χ1n) is 4.70. The lowest BCUT2D eigenvalue weighted by Crippen LogP contribution is -2.24. The molecule has 0 saturated heterocycles. The van der Waals surface area contributed by atoms with Crippen molar-refractivity contribution >= 4 is 0 Å². The van der Waals surface area contributed by atoms with E-state index in [9.17, 15) is 5.11 Å². The van der Waals surface area contributed by atoms with E-state index in [-0.39, 0.29) is 0 Å². The van der Waals surface area contributed by atoms with Crippen LogP contribution < -0.4 is 0 Å². The molecule has 1 atom stereocenters. The fraction of sp³-hybridized carbons (Fsp3) is 0.167. The largest absolute Gasteiger partial charge is 0.369 e. The van der Waals surface area contributed by atoms with Crippen LogP contribution in [0.2, 0.25) is 0 Å². The molecule has 0 bridgehead atoms. The van der Waals surface area contributed by atoms with E-state index in [1.165, 1.54) is 0 Å². The molecular formula is C12H13NO. The van der Waals surface area contributed by atoms with Gasteiger partial charge in [-0.1, -0.05) is 42.5 Å². The van der Waals surface area contributed by atoms with Crippen molar-refractivity contribution in [1.82, 2.24) is 4.90 Å². The third-order valence-electron chi connectivity index (χ3n) is 2.25. The second-order valence-electron chi connectivity index (χ2n) is 3.25. The fourth-order valence-electron chi connectivity index (χ4n) is 1.48. The predicted molar refractivity (Wildman–Crippen MR) is 56.4 cm³/mol. The van der Waals surface area contributed by atoms with E-state index in [2.05, 4.69) is 0 Å². The molecule has 0 saturated carbocycles. The maximum absolute atomic E-state index is 9.99. The molecule has 1 unspecified atom stereocenters. The first-order valence-corrected chi connectivity index (χ1v) is 4.70. The lowest BCUT2D eigenvalue weighted by Gasteiger charge is -2.26. The van der Waals surface area contributed by atoms with Gasteiger partial charge in [0.1, 0.15) is 0 Å². The number of allylic oxidation sites excluding steroid dienone is 2. The molecule has 1 N–H and O–H groups in total. The number of aliphatic hydroxyl groups excluding tert-OH is 1. The number of hydrogen-bond acceptors (Lipinski definition) is 2. The molecule has 1 aromatic rings. The molecule has 1 heterocycles. The van der Waals surface area contributed by atoms with E-state index in [4.69, 9.17) is 0 Å². The van der Waals surface area contributed by atoms with Crippen LogP contribution in [0, 0.1) is 0 Å². The first-order chi connectivity index (χ1) is 6.88. The Morgan fingerprint density at radius 1 is 1.14 bits per heavy atom. The molecule has 1 aliphatic heterocycles. The topological polar surface area (TPSA) is 23.5 Å². The highest BCUT2D eigenvalue weighted by Gasteiger charge is 2.12. The summed E-state index contributed by atoms with van der Waals surface area (Å²) in [5.74, 6) is 0. The van der Waals surface area contributed by atoms with E-state index < -0.39 is 6.23 Å². The monoisotopic (exact) mass is 187 g/mol. The summed E-state index contributed by atoms with van der Waals surface area (Å²) in [6.45, 7) is 0.757. The van der Waals surface area contributed by atoms with Gasteiger partial charge in [0, 0.05) is 18.3 Å². The number of nitrogens with zero attached hydrogens (tertiary/aromatic N) is 1. The summed E-state index contributed by atoms with van der Waals surface area (Å²) in [6.07, 6.45) is 7.28. The van der Waals surface area contributed by atoms with Gasteiger partial charge in [-0.2, -0.15) is 0 Å². The number of rotatable bonds is 2. The molecular weight excluding hydrogens is 174 g/mol. The van der Waals surface area contributed by atoms with Crippen LogP contribution in [0.15, 0.2) is 54.8 Å². The van der Waals surface area contributed by atoms with E-state index >= 15 is 0 Å². The molecule has 1 aromatic carbocycles. The van der Waals surface area contributed by atoms with Crippen LogP contribution >= 0.6 is 0 Å². The lowest BCUT2D eigenvalue weighted by atomic mass is 10.2. The van der Waals surface area contributed by atoms with E-state index in [1.807, 2.05) is 59.7 Å². The van der Waals surface area contributed by atoms with Crippen molar-refractivity contribution in [2.75, 3.05) is 6.54 Å². The van der Waals surface area contributed by atoms with Crippen molar-refractivity contribution in [3.63, 3.8) is 0 Å². The van der Waals surface area contributed by atoms with E-state index in [0.29, 0.717) is 0 Å². The van der Waals surface area contributed by atoms with Gasteiger partial charge in [-0.25, -0.2) is 0 Å². The van der Waals surface area contributed by atoms with Gasteiger partial charge >= 0.3 is 0 Å². The number of benzene rings is 1. The van der Waals surface area contributed by atoms with Crippen molar-refractivity contribution < 1.29 is 5.11 Å². The zero-order chi connectivity index (χ0) is 9.80. The van der Waals surface area contributed by atoms with Gasteiger partial charge in [0.25, 0.3) is 0 Å². The molecule has 0 spiro atoms. The molecule has 0 aromatic heterocycles. The maximum Gasteiger partial charge on any atom is 0.153 e. The van der Waals surface area contributed by atoms with E-state index in [0.717, 1.165) is 12.1 Å². The summed E-state index contributed by atoms with van der Waals surface area (Å²) in [7, 11) is 0. The normalized spacial score (nSPS) is 17.1. The average molecular weight is 187 g/mol. The zero-order valence-corrected chi connectivity index (χ0v) is 7.88. The highest BCUT2D eigenvalue weighted by atomic mass is 16.3. The smallest absolute Gasteiger partial charge is 0.153 e. The third-order valence-corrected chi connectivity index (χ3v) is 2.25. The maximum atomic E-state index is 9.99. The number of hydrogen-bond donors (Lipinski definition) is 1. The van der Waals surface area contributed by atoms with Crippen LogP contribution in [-0.2, 0) is 0 Å². The molecule has 2 heteroatoms. The summed E-state index contributed by atoms with van der Waals surface area (Å²) < 4.78 is 0. The standard InChI is InChI=1S/C12H13NO/c14-12(11-7-3-1-4-8-11)13-9-5-2-6-10-13/h1-9,12,14H,10H2. The Kier molecular flexibility index (Phi) is 2.65. The van der Waals surface area contributed by atoms with Crippen molar-refractivity contribution in [2.24, 2.45) is 0 Å². The van der Waals surface area contributed by atoms with Gasteiger partial charge in [0.05, 0.1) is 0 Å². The van der Waals surface area contributed by atoms with Gasteiger partial charge < -0.3 is 10.0 Å². The molecule has 0 fully saturated rings. The first kappa shape index (κ1) is 9.03. The van der Waals surface area contributed by atoms with Crippen molar-refractivity contribution in [3.05, 3.63) is 60.3 Å². The lowest BCUT2D eigenvalue weighted by molar-refractivity contribution is 0.0435. The Morgan fingerprint density at radius 2 is 1.93 bits per heavy atom. The fourth-order valence-corrected chi connectivity index (χ4v) is 1.48. The molecule has 0 radical (unpaired) electrons. The van der Waals surface area contributed by atoms with Crippen LogP contribution in [0.4, 0.5) is 0 Å². The molecule has 2 nitrogen and oxygen atoms in total. The van der Waals surface area contributed by atoms with Gasteiger partial charge in [0.15, 0.2) is 6.23 Å². The Morgan fingerprint density at radius 3 is 2.57 bits per heavy atom. The second-order valence-corrected chi connectivity index (χ2v) is 3.25. The Labute approximate surface area is 83.8 Å². The zero-order valence-electron chi connectivity index (χ0n) is 7.88. The van der Waals surface area contributed by atoms with Crippen molar-refractivity contribution in [3.8, 4) is 0 Å². The summed E-state index contributed by atoms with van der Waals surface area (Å²) >= 11 is 0. The second kappa shape index (κ2) is 4.11. The van der Waals surface area contributed by atoms with Gasteiger partial charge in [-0.15, -0.1) is 0 Å². The highest BCUT2D eigenvalue weighted by Crippen LogP contribution is 2.18. The highest BCUT2D eigenvalue weighted by molar-refractivity contribution is 5.19. The van der Waals surface area contributed by atoms with Gasteiger partial charge in [0.2, 0.25) is 0 Å². The van der Waals surface area contributed by atoms with Gasteiger partial charge in [-0.3, -0.25) is 0 Å². The summed E-state index contributed by atoms with van der Waals surface area (Å²) in [5.41, 5.74) is 0.924. The SMILES string of the molecule is OC(c1ccccc1)N1C=CC=CC1. The molecule has 2 rings (SSSR count). The molecule has 14 heavy (non-hydrogen) atoms. The average Bonchev–Trinajstić information content (AvgIpc) is 2.30. The minimum Gasteiger partial charge on any atom is -0.369 e. The molecule has 0 amide bonds. The van der Waals surface area contributed by atoms with Gasteiger partial charge in [-0.05, 0) is 6.08 Å². The van der Waals surface area contributed by atoms with Crippen LogP contribution in [0.5, 0.6) is 0 Å². The Hall–Kier alpha value is -1.54. The summed E-state index contributed by atoms with van der Waals surface area (Å²) in [6, 6.07) is 9.67. The van der Waals surface area contributed by atoms with Crippen LogP contribution in [-0.4, -0.2) is 16.6 Å². The van der Waals surface area contributed by atoms with Crippen LogP contribution in [0.3, 0.4) is 0 Å². The Bertz CT molecular complexity index is 343. The number of aliphatic hydroxyl groups is 1. The van der Waals surface area contributed by atoms with E-state index in [1.54, 1.807) is 0 Å². The van der Waals surface area contributed by atoms with Crippen LogP contribution in [0.25, 0.3) is 0 Å². The Balaban J connectivity index is 2.12. The minimum atomic E-state index is -0.544. The molecule has 1 aliphatic rings. The minimum absolute atomic E-state index is 0.544. The predicted octanol–water partition coefficient (Wildman–Crippen LogP) is 2.06. The van der Waals surface area contributed by atoms with Crippen LogP contribution in [0.1, 0.15) is 11.8 Å². The molecule has 0 aliphatic carbocycles.